The lowest BCUT2D eigenvalue weighted by atomic mass is 9.95. The highest BCUT2D eigenvalue weighted by Crippen LogP contribution is 2.29. The van der Waals surface area contributed by atoms with Gasteiger partial charge in [0.2, 0.25) is 0 Å². The number of aromatic nitrogens is 2. The molecule has 5 nitrogen and oxygen atoms in total. The molecule has 3 aliphatic rings. The van der Waals surface area contributed by atoms with Crippen LogP contribution in [0.15, 0.2) is 0 Å². The highest BCUT2D eigenvalue weighted by molar-refractivity contribution is 7.08. The lowest BCUT2D eigenvalue weighted by Crippen LogP contribution is -2.44. The summed E-state index contributed by atoms with van der Waals surface area (Å²) in [6, 6.07) is 0.540. The topological polar surface area (TPSA) is 49.3 Å². The Labute approximate surface area is 136 Å². The van der Waals surface area contributed by atoms with Crippen LogP contribution in [0.4, 0.5) is 0 Å². The van der Waals surface area contributed by atoms with Crippen LogP contribution in [-0.2, 0) is 6.42 Å². The van der Waals surface area contributed by atoms with Crippen molar-refractivity contribution in [1.82, 2.24) is 19.4 Å². The number of fused-ring (bicyclic) bond motifs is 4. The maximum atomic E-state index is 12.9. The molecule has 2 bridgehead atoms. The van der Waals surface area contributed by atoms with E-state index in [0.29, 0.717) is 12.0 Å². The highest BCUT2D eigenvalue weighted by Gasteiger charge is 2.37. The summed E-state index contributed by atoms with van der Waals surface area (Å²) in [7, 11) is 0. The molecule has 0 unspecified atom stereocenters. The number of nitrogens with zero attached hydrogens (tertiary/aromatic N) is 4. The predicted octanol–water partition coefficient (Wildman–Crippen LogP) is 2.44. The van der Waals surface area contributed by atoms with Gasteiger partial charge in [-0.05, 0) is 49.7 Å². The first kappa shape index (κ1) is 15.9. The average molecular weight is 322 g/mol. The van der Waals surface area contributed by atoms with Gasteiger partial charge in [0.25, 0.3) is 5.91 Å². The predicted molar refractivity (Wildman–Crippen MR) is 88.2 cm³/mol. The van der Waals surface area contributed by atoms with Crippen molar-refractivity contribution in [2.24, 2.45) is 5.92 Å². The molecule has 4 rings (SSSR count). The smallest absolute Gasteiger partial charge is 0.267 e. The van der Waals surface area contributed by atoms with Gasteiger partial charge in [-0.3, -0.25) is 9.69 Å². The number of amides is 1. The minimum atomic E-state index is 0.161. The second-order valence-corrected chi connectivity index (χ2v) is 7.36. The van der Waals surface area contributed by atoms with E-state index in [1.165, 1.54) is 30.8 Å². The number of aryl methyl sites for hydroxylation is 1. The number of hydrogen-bond donors (Lipinski definition) is 0. The maximum absolute atomic E-state index is 12.9. The van der Waals surface area contributed by atoms with Gasteiger partial charge in [-0.1, -0.05) is 24.8 Å². The summed E-state index contributed by atoms with van der Waals surface area (Å²) in [5.74, 6) is 0.790. The van der Waals surface area contributed by atoms with Crippen molar-refractivity contribution in [2.45, 2.75) is 52.0 Å². The third kappa shape index (κ3) is 3.18. The van der Waals surface area contributed by atoms with Crippen molar-refractivity contribution in [2.75, 3.05) is 26.2 Å². The lowest BCUT2D eigenvalue weighted by Gasteiger charge is -2.35. The molecule has 1 amide bonds. The monoisotopic (exact) mass is 322 g/mol. The highest BCUT2D eigenvalue weighted by atomic mass is 32.1. The quantitative estimate of drug-likeness (QED) is 0.835. The molecule has 1 aromatic rings. The van der Waals surface area contributed by atoms with Gasteiger partial charge in [-0.2, -0.15) is 0 Å². The molecule has 2 atom stereocenters. The van der Waals surface area contributed by atoms with Gasteiger partial charge in [0.05, 0.1) is 5.69 Å². The Morgan fingerprint density at radius 1 is 1.23 bits per heavy atom. The van der Waals surface area contributed by atoms with E-state index in [2.05, 4.69) is 33.2 Å². The SMILES string of the molecule is CCCc1nnsc1C(=O)N1C[C@H]2CC[C@@H](C1)N(CCC)C2. The van der Waals surface area contributed by atoms with Gasteiger partial charge in [-0.15, -0.1) is 5.10 Å². The molecule has 0 spiro atoms. The molecule has 6 heteroatoms. The molecular formula is C16H26N4OS. The second-order valence-electron chi connectivity index (χ2n) is 6.60. The van der Waals surface area contributed by atoms with Crippen LogP contribution >= 0.6 is 11.5 Å². The molecule has 22 heavy (non-hydrogen) atoms. The second kappa shape index (κ2) is 7.04. The van der Waals surface area contributed by atoms with Gasteiger partial charge in [0.15, 0.2) is 0 Å². The molecule has 0 aliphatic carbocycles. The zero-order valence-electron chi connectivity index (χ0n) is 13.6. The first-order valence-electron chi connectivity index (χ1n) is 8.57. The van der Waals surface area contributed by atoms with Crippen molar-refractivity contribution in [1.29, 1.82) is 0 Å². The number of rotatable bonds is 5. The Morgan fingerprint density at radius 3 is 2.86 bits per heavy atom. The summed E-state index contributed by atoms with van der Waals surface area (Å²) in [6.45, 7) is 8.44. The molecular weight excluding hydrogens is 296 g/mol. The van der Waals surface area contributed by atoms with Crippen LogP contribution in [0.3, 0.4) is 0 Å². The minimum Gasteiger partial charge on any atom is -0.336 e. The van der Waals surface area contributed by atoms with E-state index in [1.54, 1.807) is 0 Å². The molecule has 1 aromatic heterocycles. The molecule has 0 radical (unpaired) electrons. The van der Waals surface area contributed by atoms with E-state index in [-0.39, 0.29) is 5.91 Å². The third-order valence-electron chi connectivity index (χ3n) is 4.86. The van der Waals surface area contributed by atoms with Gasteiger partial charge in [0.1, 0.15) is 4.88 Å². The van der Waals surface area contributed by atoms with Crippen LogP contribution in [-0.4, -0.2) is 57.5 Å². The maximum Gasteiger partial charge on any atom is 0.267 e. The molecule has 0 saturated carbocycles. The summed E-state index contributed by atoms with van der Waals surface area (Å²) >= 11 is 1.27. The largest absolute Gasteiger partial charge is 0.336 e. The number of carbonyl (C=O) groups excluding carboxylic acids is 1. The van der Waals surface area contributed by atoms with Crippen molar-refractivity contribution in [3.05, 3.63) is 10.6 Å². The van der Waals surface area contributed by atoms with E-state index in [4.69, 9.17) is 0 Å². The fourth-order valence-corrected chi connectivity index (χ4v) is 4.50. The fourth-order valence-electron chi connectivity index (χ4n) is 3.82. The summed E-state index contributed by atoms with van der Waals surface area (Å²) in [6.07, 6.45) is 5.53. The Morgan fingerprint density at radius 2 is 2.09 bits per heavy atom. The molecule has 3 fully saturated rings. The zero-order valence-corrected chi connectivity index (χ0v) is 14.4. The van der Waals surface area contributed by atoms with Crippen LogP contribution < -0.4 is 0 Å². The molecule has 0 aromatic carbocycles. The van der Waals surface area contributed by atoms with E-state index in [0.717, 1.165) is 49.6 Å². The van der Waals surface area contributed by atoms with Crippen LogP contribution in [0.1, 0.15) is 54.9 Å². The van der Waals surface area contributed by atoms with Gasteiger partial charge in [0, 0.05) is 25.7 Å². The summed E-state index contributed by atoms with van der Waals surface area (Å²) in [5, 5.41) is 4.15. The number of hydrogen-bond acceptors (Lipinski definition) is 5. The van der Waals surface area contributed by atoms with Crippen LogP contribution in [0.5, 0.6) is 0 Å². The standard InChI is InChI=1S/C16H26N4OS/c1-3-5-14-15(22-18-17-14)16(21)20-10-12-6-7-13(11-20)19(9-12)8-4-2/h12-13H,3-11H2,1-2H3/t12-,13-/m0/s1. The Bertz CT molecular complexity index is 518. The Hall–Kier alpha value is -1.01. The van der Waals surface area contributed by atoms with Gasteiger partial charge in [-0.25, -0.2) is 0 Å². The van der Waals surface area contributed by atoms with Crippen LogP contribution in [0.2, 0.25) is 0 Å². The summed E-state index contributed by atoms with van der Waals surface area (Å²) < 4.78 is 4.01. The Balaban J connectivity index is 1.75. The Kier molecular flexibility index (Phi) is 5.08. The number of carbonyl (C=O) groups is 1. The fraction of sp³-hybridized carbons (Fsp3) is 0.812. The zero-order chi connectivity index (χ0) is 15.5. The first-order valence-corrected chi connectivity index (χ1v) is 9.34. The van der Waals surface area contributed by atoms with E-state index in [1.807, 2.05) is 0 Å². The van der Waals surface area contributed by atoms with Crippen LogP contribution in [0, 0.1) is 5.92 Å². The van der Waals surface area contributed by atoms with Crippen molar-refractivity contribution in [3.8, 4) is 0 Å². The van der Waals surface area contributed by atoms with Crippen molar-refractivity contribution < 1.29 is 4.79 Å². The van der Waals surface area contributed by atoms with Gasteiger partial charge < -0.3 is 4.90 Å². The summed E-state index contributed by atoms with van der Waals surface area (Å²) in [5.41, 5.74) is 0.888. The lowest BCUT2D eigenvalue weighted by molar-refractivity contribution is 0.0741. The third-order valence-corrected chi connectivity index (χ3v) is 5.62. The van der Waals surface area contributed by atoms with E-state index < -0.39 is 0 Å². The molecule has 4 heterocycles. The van der Waals surface area contributed by atoms with Crippen LogP contribution in [0.25, 0.3) is 0 Å². The van der Waals surface area contributed by atoms with Crippen molar-refractivity contribution in [3.63, 3.8) is 0 Å². The van der Waals surface area contributed by atoms with Crippen molar-refractivity contribution >= 4 is 17.4 Å². The minimum absolute atomic E-state index is 0.161. The first-order chi connectivity index (χ1) is 10.7. The molecule has 0 N–H and O–H groups in total. The average Bonchev–Trinajstić information content (AvgIpc) is 2.78. The van der Waals surface area contributed by atoms with E-state index >= 15 is 0 Å². The van der Waals surface area contributed by atoms with E-state index in [9.17, 15) is 4.79 Å². The number of piperidine rings is 1. The van der Waals surface area contributed by atoms with Gasteiger partial charge >= 0.3 is 0 Å². The normalized spacial score (nSPS) is 25.5. The molecule has 3 saturated heterocycles. The summed E-state index contributed by atoms with van der Waals surface area (Å²) in [4.78, 5) is 18.4. The molecule has 122 valence electrons. The molecule has 3 aliphatic heterocycles.